The van der Waals surface area contributed by atoms with Crippen molar-refractivity contribution in [1.82, 2.24) is 0 Å². The van der Waals surface area contributed by atoms with Crippen LogP contribution in [0.25, 0.3) is 0 Å². The quantitative estimate of drug-likeness (QED) is 0.687. The molecular formula is C16H20N2. The Morgan fingerprint density at radius 2 is 1.17 bits per heavy atom. The van der Waals surface area contributed by atoms with E-state index in [1.807, 2.05) is 12.1 Å². The number of hydrogen-bond acceptors (Lipinski definition) is 2. The Balaban J connectivity index is 3.75. The highest BCUT2D eigenvalue weighted by molar-refractivity contribution is 5.54. The summed E-state index contributed by atoms with van der Waals surface area (Å²) in [5.41, 5.74) is 2.97. The highest BCUT2D eigenvalue weighted by Crippen LogP contribution is 2.34. The first kappa shape index (κ1) is 14.3. The molecule has 0 radical (unpaired) electrons. The monoisotopic (exact) mass is 240 g/mol. The highest BCUT2D eigenvalue weighted by Gasteiger charge is 2.26. The first-order valence-electron chi connectivity index (χ1n) is 6.10. The Morgan fingerprint density at radius 3 is 1.39 bits per heavy atom. The summed E-state index contributed by atoms with van der Waals surface area (Å²) in [6.07, 6.45) is 0. The molecule has 94 valence electrons. The van der Waals surface area contributed by atoms with Gasteiger partial charge >= 0.3 is 0 Å². The molecule has 0 spiro atoms. The molecule has 0 atom stereocenters. The van der Waals surface area contributed by atoms with Gasteiger partial charge in [0.15, 0.2) is 0 Å². The van der Waals surface area contributed by atoms with E-state index in [0.29, 0.717) is 11.1 Å². The normalized spacial score (nSPS) is 11.8. The van der Waals surface area contributed by atoms with Crippen molar-refractivity contribution in [1.29, 1.82) is 10.5 Å². The number of nitrogens with zero attached hydrogens (tertiary/aromatic N) is 2. The van der Waals surface area contributed by atoms with E-state index >= 15 is 0 Å². The third-order valence-electron chi connectivity index (χ3n) is 3.00. The molecule has 18 heavy (non-hydrogen) atoms. The summed E-state index contributed by atoms with van der Waals surface area (Å²) < 4.78 is 0. The van der Waals surface area contributed by atoms with Crippen molar-refractivity contribution in [3.05, 3.63) is 34.4 Å². The van der Waals surface area contributed by atoms with Crippen molar-refractivity contribution in [3.63, 3.8) is 0 Å². The van der Waals surface area contributed by atoms with Gasteiger partial charge in [-0.1, -0.05) is 41.5 Å². The van der Waals surface area contributed by atoms with Gasteiger partial charge in [0.05, 0.1) is 23.3 Å². The lowest BCUT2D eigenvalue weighted by molar-refractivity contribution is 0.565. The summed E-state index contributed by atoms with van der Waals surface area (Å²) in [5, 5.41) is 18.6. The lowest BCUT2D eigenvalue weighted by Gasteiger charge is -2.27. The molecule has 0 amide bonds. The largest absolute Gasteiger partial charge is 0.192 e. The van der Waals surface area contributed by atoms with Crippen molar-refractivity contribution >= 4 is 0 Å². The van der Waals surface area contributed by atoms with Crippen LogP contribution in [0.4, 0.5) is 0 Å². The lowest BCUT2D eigenvalue weighted by Crippen LogP contribution is -2.20. The van der Waals surface area contributed by atoms with Gasteiger partial charge in [-0.15, -0.1) is 0 Å². The Labute approximate surface area is 110 Å². The molecule has 0 unspecified atom stereocenters. The standard InChI is InChI=1S/C16H20N2/c1-15(2,3)13-7-11(9-17)8-14(12(13)10-18)16(4,5)6/h7-8H,1-6H3. The van der Waals surface area contributed by atoms with E-state index in [4.69, 9.17) is 5.26 Å². The molecule has 0 saturated carbocycles. The lowest BCUT2D eigenvalue weighted by atomic mass is 9.76. The van der Waals surface area contributed by atoms with E-state index in [0.717, 1.165) is 11.1 Å². The van der Waals surface area contributed by atoms with Gasteiger partial charge < -0.3 is 0 Å². The summed E-state index contributed by atoms with van der Waals surface area (Å²) in [5.74, 6) is 0. The van der Waals surface area contributed by atoms with Gasteiger partial charge in [0.25, 0.3) is 0 Å². The fraction of sp³-hybridized carbons (Fsp3) is 0.500. The molecule has 0 heterocycles. The summed E-state index contributed by atoms with van der Waals surface area (Å²) in [6.45, 7) is 12.4. The highest BCUT2D eigenvalue weighted by atomic mass is 14.3. The van der Waals surface area contributed by atoms with Gasteiger partial charge in [0.2, 0.25) is 0 Å². The molecule has 2 nitrogen and oxygen atoms in total. The molecule has 0 bridgehead atoms. The molecule has 0 saturated heterocycles. The van der Waals surface area contributed by atoms with E-state index in [9.17, 15) is 5.26 Å². The zero-order valence-corrected chi connectivity index (χ0v) is 12.0. The molecular weight excluding hydrogens is 220 g/mol. The Bertz CT molecular complexity index is 505. The van der Waals surface area contributed by atoms with Crippen LogP contribution >= 0.6 is 0 Å². The van der Waals surface area contributed by atoms with Crippen LogP contribution in [0.3, 0.4) is 0 Å². The van der Waals surface area contributed by atoms with Gasteiger partial charge in [-0.3, -0.25) is 0 Å². The van der Waals surface area contributed by atoms with Crippen LogP contribution in [-0.4, -0.2) is 0 Å². The predicted molar refractivity (Wildman–Crippen MR) is 73.3 cm³/mol. The smallest absolute Gasteiger partial charge is 0.0997 e. The summed E-state index contributed by atoms with van der Waals surface area (Å²) in [4.78, 5) is 0. The predicted octanol–water partition coefficient (Wildman–Crippen LogP) is 4.02. The average molecular weight is 240 g/mol. The number of hydrogen-bond donors (Lipinski definition) is 0. The zero-order chi connectivity index (χ0) is 14.1. The van der Waals surface area contributed by atoms with E-state index < -0.39 is 0 Å². The third kappa shape index (κ3) is 2.71. The molecule has 2 heteroatoms. The Kier molecular flexibility index (Phi) is 3.54. The van der Waals surface area contributed by atoms with Crippen molar-refractivity contribution in [2.24, 2.45) is 0 Å². The molecule has 0 aromatic heterocycles. The second-order valence-electron chi connectivity index (χ2n) is 6.67. The summed E-state index contributed by atoms with van der Waals surface area (Å²) in [6, 6.07) is 8.20. The number of nitriles is 2. The van der Waals surface area contributed by atoms with E-state index in [-0.39, 0.29) is 10.8 Å². The van der Waals surface area contributed by atoms with E-state index in [2.05, 4.69) is 53.7 Å². The van der Waals surface area contributed by atoms with Gasteiger partial charge in [-0.05, 0) is 34.1 Å². The molecule has 1 rings (SSSR count). The van der Waals surface area contributed by atoms with Crippen LogP contribution < -0.4 is 0 Å². The van der Waals surface area contributed by atoms with Gasteiger partial charge in [-0.25, -0.2) is 0 Å². The van der Waals surface area contributed by atoms with Crippen molar-refractivity contribution < 1.29 is 0 Å². The number of rotatable bonds is 0. The molecule has 0 aliphatic rings. The number of benzene rings is 1. The van der Waals surface area contributed by atoms with Gasteiger partial charge in [0, 0.05) is 0 Å². The second kappa shape index (κ2) is 4.46. The van der Waals surface area contributed by atoms with Gasteiger partial charge in [-0.2, -0.15) is 10.5 Å². The Morgan fingerprint density at radius 1 is 0.778 bits per heavy atom. The summed E-state index contributed by atoms with van der Waals surface area (Å²) in [7, 11) is 0. The van der Waals surface area contributed by atoms with Crippen LogP contribution in [0, 0.1) is 22.7 Å². The maximum atomic E-state index is 9.46. The third-order valence-corrected chi connectivity index (χ3v) is 3.00. The fourth-order valence-corrected chi connectivity index (χ4v) is 2.01. The van der Waals surface area contributed by atoms with Gasteiger partial charge in [0.1, 0.15) is 0 Å². The maximum absolute atomic E-state index is 9.46. The van der Waals surface area contributed by atoms with Crippen molar-refractivity contribution in [2.45, 2.75) is 52.4 Å². The Hall–Kier alpha value is -1.80. The van der Waals surface area contributed by atoms with Crippen LogP contribution in [0.15, 0.2) is 12.1 Å². The minimum Gasteiger partial charge on any atom is -0.192 e. The van der Waals surface area contributed by atoms with Crippen LogP contribution in [0.1, 0.15) is 63.8 Å². The maximum Gasteiger partial charge on any atom is 0.0997 e. The zero-order valence-electron chi connectivity index (χ0n) is 12.0. The summed E-state index contributed by atoms with van der Waals surface area (Å²) >= 11 is 0. The SMILES string of the molecule is CC(C)(C)c1cc(C#N)cc(C(C)(C)C)c1C#N. The fourth-order valence-electron chi connectivity index (χ4n) is 2.01. The molecule has 0 N–H and O–H groups in total. The van der Waals surface area contributed by atoms with Crippen molar-refractivity contribution in [2.75, 3.05) is 0 Å². The minimum absolute atomic E-state index is 0.141. The van der Waals surface area contributed by atoms with Crippen LogP contribution in [0.2, 0.25) is 0 Å². The topological polar surface area (TPSA) is 47.6 Å². The average Bonchev–Trinajstić information content (AvgIpc) is 2.24. The van der Waals surface area contributed by atoms with Crippen molar-refractivity contribution in [3.8, 4) is 12.1 Å². The molecule has 0 aliphatic heterocycles. The molecule has 0 fully saturated rings. The molecule has 1 aromatic carbocycles. The first-order chi connectivity index (χ1) is 8.11. The van der Waals surface area contributed by atoms with Crippen LogP contribution in [0.5, 0.6) is 0 Å². The van der Waals surface area contributed by atoms with Crippen LogP contribution in [-0.2, 0) is 10.8 Å². The first-order valence-corrected chi connectivity index (χ1v) is 6.10. The minimum atomic E-state index is -0.141. The van der Waals surface area contributed by atoms with E-state index in [1.165, 1.54) is 0 Å². The van der Waals surface area contributed by atoms with E-state index in [1.54, 1.807) is 0 Å². The second-order valence-corrected chi connectivity index (χ2v) is 6.67. The molecule has 1 aromatic rings. The molecule has 0 aliphatic carbocycles.